The molecule has 0 saturated heterocycles. The smallest absolute Gasteiger partial charge is 0.146 e. The highest BCUT2D eigenvalue weighted by Gasteiger charge is 2.04. The second kappa shape index (κ2) is 4.21. The third kappa shape index (κ3) is 1.97. The van der Waals surface area contributed by atoms with E-state index in [0.717, 1.165) is 11.1 Å². The Morgan fingerprint density at radius 3 is 2.75 bits per heavy atom. The number of aromatic nitrogens is 1. The van der Waals surface area contributed by atoms with Crippen LogP contribution >= 0.6 is 11.6 Å². The lowest BCUT2D eigenvalue weighted by molar-refractivity contribution is 1.30. The summed E-state index contributed by atoms with van der Waals surface area (Å²) in [6.07, 6.45) is 1.62. The number of hydrogen-bond donors (Lipinski definition) is 1. The van der Waals surface area contributed by atoms with Crippen molar-refractivity contribution >= 4 is 17.3 Å². The molecule has 1 aromatic heterocycles. The van der Waals surface area contributed by atoms with Gasteiger partial charge in [0.05, 0.1) is 5.56 Å². The van der Waals surface area contributed by atoms with Gasteiger partial charge < -0.3 is 5.73 Å². The summed E-state index contributed by atoms with van der Waals surface area (Å²) in [6, 6.07) is 11.1. The van der Waals surface area contributed by atoms with Crippen LogP contribution in [-0.2, 0) is 0 Å². The second-order valence-corrected chi connectivity index (χ2v) is 3.66. The Morgan fingerprint density at radius 2 is 2.06 bits per heavy atom. The van der Waals surface area contributed by atoms with Gasteiger partial charge in [0.25, 0.3) is 0 Å². The number of benzene rings is 1. The highest BCUT2D eigenvalue weighted by atomic mass is 35.5. The number of nitrogen functional groups attached to an aromatic ring is 1. The van der Waals surface area contributed by atoms with Crippen molar-refractivity contribution in [2.75, 3.05) is 5.73 Å². The van der Waals surface area contributed by atoms with E-state index in [1.165, 1.54) is 0 Å². The fourth-order valence-electron chi connectivity index (χ4n) is 1.40. The molecular weight excluding hydrogens is 222 g/mol. The zero-order valence-electron chi connectivity index (χ0n) is 8.31. The van der Waals surface area contributed by atoms with Gasteiger partial charge in [-0.15, -0.1) is 0 Å². The van der Waals surface area contributed by atoms with E-state index >= 15 is 0 Å². The zero-order chi connectivity index (χ0) is 11.5. The minimum absolute atomic E-state index is 0.218. The van der Waals surface area contributed by atoms with Gasteiger partial charge in [0.15, 0.2) is 0 Å². The van der Waals surface area contributed by atoms with Crippen molar-refractivity contribution in [2.45, 2.75) is 0 Å². The molecule has 78 valence electrons. The lowest BCUT2D eigenvalue weighted by Crippen LogP contribution is -1.88. The van der Waals surface area contributed by atoms with E-state index in [2.05, 4.69) is 4.98 Å². The fourth-order valence-corrected chi connectivity index (χ4v) is 1.55. The monoisotopic (exact) mass is 229 g/mol. The van der Waals surface area contributed by atoms with Crippen molar-refractivity contribution in [3.8, 4) is 17.2 Å². The molecule has 2 N–H and O–H groups in total. The van der Waals surface area contributed by atoms with Gasteiger partial charge in [-0.25, -0.2) is 4.98 Å². The summed E-state index contributed by atoms with van der Waals surface area (Å²) in [5.74, 6) is 0. The van der Waals surface area contributed by atoms with E-state index < -0.39 is 0 Å². The molecule has 0 amide bonds. The Kier molecular flexibility index (Phi) is 2.76. The maximum atomic E-state index is 8.85. The van der Waals surface area contributed by atoms with Crippen LogP contribution in [-0.4, -0.2) is 4.98 Å². The Balaban J connectivity index is 2.54. The molecule has 2 rings (SSSR count). The summed E-state index contributed by atoms with van der Waals surface area (Å²) in [6.45, 7) is 0. The first-order valence-electron chi connectivity index (χ1n) is 4.62. The van der Waals surface area contributed by atoms with E-state index in [1.807, 2.05) is 24.3 Å². The molecular formula is C12H8ClN3. The van der Waals surface area contributed by atoms with Crippen LogP contribution in [0.3, 0.4) is 0 Å². The minimum Gasteiger partial charge on any atom is -0.399 e. The van der Waals surface area contributed by atoms with Gasteiger partial charge in [-0.2, -0.15) is 5.26 Å². The lowest BCUT2D eigenvalue weighted by Gasteiger charge is -2.03. The van der Waals surface area contributed by atoms with E-state index in [4.69, 9.17) is 22.6 Å². The fraction of sp³-hybridized carbons (Fsp3) is 0. The molecule has 0 atom stereocenters. The summed E-state index contributed by atoms with van der Waals surface area (Å²) in [5, 5.41) is 9.06. The number of anilines is 1. The molecule has 2 aromatic rings. The first-order chi connectivity index (χ1) is 7.70. The largest absolute Gasteiger partial charge is 0.399 e. The van der Waals surface area contributed by atoms with Gasteiger partial charge in [-0.3, -0.25) is 0 Å². The maximum Gasteiger partial charge on any atom is 0.146 e. The van der Waals surface area contributed by atoms with Gasteiger partial charge in [0, 0.05) is 17.4 Å². The number of hydrogen-bond acceptors (Lipinski definition) is 3. The SMILES string of the molecule is N#Cc1cc(-c2cccc(N)c2)cnc1Cl. The lowest BCUT2D eigenvalue weighted by atomic mass is 10.1. The Morgan fingerprint density at radius 1 is 1.25 bits per heavy atom. The molecule has 0 aliphatic rings. The van der Waals surface area contributed by atoms with E-state index in [-0.39, 0.29) is 5.15 Å². The number of nitrogens with zero attached hydrogens (tertiary/aromatic N) is 2. The minimum atomic E-state index is 0.218. The predicted octanol–water partition coefficient (Wildman–Crippen LogP) is 2.86. The van der Waals surface area contributed by atoms with Gasteiger partial charge in [-0.05, 0) is 23.8 Å². The average Bonchev–Trinajstić information content (AvgIpc) is 2.29. The van der Waals surface area contributed by atoms with Gasteiger partial charge in [0.1, 0.15) is 11.2 Å². The molecule has 0 aliphatic heterocycles. The first-order valence-corrected chi connectivity index (χ1v) is 5.00. The molecule has 0 bridgehead atoms. The van der Waals surface area contributed by atoms with Crippen molar-refractivity contribution in [1.29, 1.82) is 5.26 Å². The Bertz CT molecular complexity index is 573. The Labute approximate surface area is 98.1 Å². The zero-order valence-corrected chi connectivity index (χ0v) is 9.07. The van der Waals surface area contributed by atoms with Crippen LogP contribution in [0.4, 0.5) is 5.69 Å². The topological polar surface area (TPSA) is 62.7 Å². The number of nitrogens with two attached hydrogens (primary N) is 1. The van der Waals surface area contributed by atoms with Crippen molar-refractivity contribution in [2.24, 2.45) is 0 Å². The molecule has 0 saturated carbocycles. The summed E-state index contributed by atoms with van der Waals surface area (Å²) in [5.41, 5.74) is 8.46. The molecule has 0 fully saturated rings. The molecule has 0 aliphatic carbocycles. The molecule has 1 heterocycles. The second-order valence-electron chi connectivity index (χ2n) is 3.30. The van der Waals surface area contributed by atoms with Crippen molar-refractivity contribution < 1.29 is 0 Å². The molecule has 4 heteroatoms. The standard InChI is InChI=1S/C12H8ClN3/c13-12-9(6-14)4-10(7-16-12)8-2-1-3-11(15)5-8/h1-5,7H,15H2. The Hall–Kier alpha value is -2.05. The van der Waals surface area contributed by atoms with Crippen LogP contribution in [0.25, 0.3) is 11.1 Å². The average molecular weight is 230 g/mol. The van der Waals surface area contributed by atoms with E-state index in [0.29, 0.717) is 11.3 Å². The number of halogens is 1. The van der Waals surface area contributed by atoms with Gasteiger partial charge in [0.2, 0.25) is 0 Å². The summed E-state index contributed by atoms with van der Waals surface area (Å²) in [4.78, 5) is 3.96. The third-order valence-electron chi connectivity index (χ3n) is 2.18. The number of rotatable bonds is 1. The third-order valence-corrected chi connectivity index (χ3v) is 2.48. The summed E-state index contributed by atoms with van der Waals surface area (Å²) in [7, 11) is 0. The maximum absolute atomic E-state index is 8.85. The van der Waals surface area contributed by atoms with Crippen LogP contribution in [0.5, 0.6) is 0 Å². The molecule has 0 radical (unpaired) electrons. The molecule has 1 aromatic carbocycles. The number of nitriles is 1. The van der Waals surface area contributed by atoms with Crippen molar-refractivity contribution in [3.63, 3.8) is 0 Å². The van der Waals surface area contributed by atoms with Crippen LogP contribution in [0, 0.1) is 11.3 Å². The highest BCUT2D eigenvalue weighted by Crippen LogP contribution is 2.24. The van der Waals surface area contributed by atoms with E-state index in [1.54, 1.807) is 18.3 Å². The molecule has 0 unspecified atom stereocenters. The summed E-state index contributed by atoms with van der Waals surface area (Å²) >= 11 is 5.76. The normalized spacial score (nSPS) is 9.75. The van der Waals surface area contributed by atoms with Crippen molar-refractivity contribution in [3.05, 3.63) is 47.2 Å². The van der Waals surface area contributed by atoms with Gasteiger partial charge >= 0.3 is 0 Å². The highest BCUT2D eigenvalue weighted by molar-refractivity contribution is 6.30. The molecule has 3 nitrogen and oxygen atoms in total. The van der Waals surface area contributed by atoms with E-state index in [9.17, 15) is 0 Å². The molecule has 16 heavy (non-hydrogen) atoms. The molecule has 0 spiro atoms. The van der Waals surface area contributed by atoms with Crippen LogP contribution in [0.2, 0.25) is 5.15 Å². The predicted molar refractivity (Wildman–Crippen MR) is 63.8 cm³/mol. The summed E-state index contributed by atoms with van der Waals surface area (Å²) < 4.78 is 0. The van der Waals surface area contributed by atoms with Crippen LogP contribution in [0.1, 0.15) is 5.56 Å². The number of pyridine rings is 1. The van der Waals surface area contributed by atoms with Crippen LogP contribution in [0.15, 0.2) is 36.5 Å². The van der Waals surface area contributed by atoms with Gasteiger partial charge in [-0.1, -0.05) is 23.7 Å². The quantitative estimate of drug-likeness (QED) is 0.604. The van der Waals surface area contributed by atoms with Crippen molar-refractivity contribution in [1.82, 2.24) is 4.98 Å². The van der Waals surface area contributed by atoms with Crippen LogP contribution < -0.4 is 5.73 Å². The first kappa shape index (κ1) is 10.5.